The molecule has 3 aromatic rings. The molecule has 3 aromatic carbocycles. The molecule has 0 radical (unpaired) electrons. The van der Waals surface area contributed by atoms with E-state index < -0.39 is 5.54 Å². The molecule has 1 N–H and O–H groups in total. The molecule has 1 aliphatic heterocycles. The van der Waals surface area contributed by atoms with E-state index in [2.05, 4.69) is 80.7 Å². The molecule has 0 aromatic heterocycles. The van der Waals surface area contributed by atoms with Gasteiger partial charge in [-0.15, -0.1) is 0 Å². The molecule has 0 spiro atoms. The number of hydrogen-bond acceptors (Lipinski definition) is 3. The lowest BCUT2D eigenvalue weighted by atomic mass is 9.72. The molecule has 2 aliphatic rings. The van der Waals surface area contributed by atoms with Gasteiger partial charge < -0.3 is 14.8 Å². The van der Waals surface area contributed by atoms with Crippen LogP contribution in [0.1, 0.15) is 58.9 Å². The van der Waals surface area contributed by atoms with Crippen LogP contribution >= 0.6 is 0 Å². The molecule has 4 heteroatoms. The lowest BCUT2D eigenvalue weighted by molar-refractivity contribution is 0.0887. The molecule has 1 atom stereocenters. The molecule has 2 fully saturated rings. The first-order valence-corrected chi connectivity index (χ1v) is 12.5. The first-order chi connectivity index (χ1) is 16.2. The average molecular weight is 458 g/mol. The van der Waals surface area contributed by atoms with E-state index in [9.17, 15) is 4.79 Å². The maximum absolute atomic E-state index is 11.7. The minimum absolute atomic E-state index is 0.252. The van der Waals surface area contributed by atoms with Gasteiger partial charge in [0.1, 0.15) is 12.4 Å². The lowest BCUT2D eigenvalue weighted by Crippen LogP contribution is -2.37. The van der Waals surface area contributed by atoms with E-state index in [0.29, 0.717) is 12.0 Å². The van der Waals surface area contributed by atoms with Gasteiger partial charge in [-0.3, -0.25) is 0 Å². The second-order valence-corrected chi connectivity index (χ2v) is 11.2. The number of cyclic esters (lactones) is 1. The monoisotopic (exact) mass is 457 g/mol. The van der Waals surface area contributed by atoms with Gasteiger partial charge in [-0.05, 0) is 78.0 Å². The second kappa shape index (κ2) is 8.65. The third kappa shape index (κ3) is 4.38. The topological polar surface area (TPSA) is 47.6 Å². The molecule has 0 bridgehead atoms. The van der Waals surface area contributed by atoms with Gasteiger partial charge >= 0.3 is 6.09 Å². The number of rotatable bonds is 4. The Labute approximate surface area is 202 Å². The molecule has 1 saturated heterocycles. The predicted octanol–water partition coefficient (Wildman–Crippen LogP) is 7.45. The zero-order chi connectivity index (χ0) is 23.9. The van der Waals surface area contributed by atoms with Gasteiger partial charge in [0.25, 0.3) is 0 Å². The van der Waals surface area contributed by atoms with Gasteiger partial charge in [-0.25, -0.2) is 4.79 Å². The predicted molar refractivity (Wildman–Crippen MR) is 137 cm³/mol. The van der Waals surface area contributed by atoms with Crippen molar-refractivity contribution in [2.45, 2.75) is 65.0 Å². The number of fused-ring (bicyclic) bond motifs is 1. The summed E-state index contributed by atoms with van der Waals surface area (Å²) < 4.78 is 11.9. The average Bonchev–Trinajstić information content (AvgIpc) is 3.18. The van der Waals surface area contributed by atoms with Crippen molar-refractivity contribution in [3.05, 3.63) is 66.2 Å². The Bertz CT molecular complexity index is 1190. The molecule has 4 nitrogen and oxygen atoms in total. The smallest absolute Gasteiger partial charge is 0.408 e. The van der Waals surface area contributed by atoms with Crippen molar-refractivity contribution in [1.29, 1.82) is 0 Å². The Morgan fingerprint density at radius 1 is 0.971 bits per heavy atom. The molecule has 34 heavy (non-hydrogen) atoms. The van der Waals surface area contributed by atoms with Crippen molar-refractivity contribution >= 4 is 16.9 Å². The number of ether oxygens (including phenoxy) is 2. The van der Waals surface area contributed by atoms with Gasteiger partial charge in [0.05, 0.1) is 11.6 Å². The molecular formula is C30H35NO3. The van der Waals surface area contributed by atoms with Crippen LogP contribution in [0.3, 0.4) is 0 Å². The number of benzene rings is 3. The SMILES string of the molecule is CC(C)(C)[C@H]1CC[C@H](Oc2ccc3cc([C@]4(C)COC(=O)N4)ccc3c2-c2ccccc2)CC1. The van der Waals surface area contributed by atoms with E-state index in [1.807, 2.05) is 13.0 Å². The normalized spacial score (nSPS) is 25.1. The molecule has 5 rings (SSSR count). The summed E-state index contributed by atoms with van der Waals surface area (Å²) in [5, 5.41) is 5.24. The molecular weight excluding hydrogens is 422 g/mol. The van der Waals surface area contributed by atoms with Crippen LogP contribution in [0.5, 0.6) is 5.75 Å². The fraction of sp³-hybridized carbons (Fsp3) is 0.433. The van der Waals surface area contributed by atoms with Gasteiger partial charge in [0.2, 0.25) is 0 Å². The highest BCUT2D eigenvalue weighted by Gasteiger charge is 2.37. The quantitative estimate of drug-likeness (QED) is 0.443. The van der Waals surface area contributed by atoms with Gasteiger partial charge in [0, 0.05) is 5.56 Å². The summed E-state index contributed by atoms with van der Waals surface area (Å²) in [6.45, 7) is 9.40. The van der Waals surface area contributed by atoms with E-state index in [0.717, 1.165) is 52.0 Å². The van der Waals surface area contributed by atoms with Gasteiger partial charge in [-0.1, -0.05) is 69.3 Å². The number of carbonyl (C=O) groups is 1. The first-order valence-electron chi connectivity index (χ1n) is 12.5. The molecule has 1 heterocycles. The van der Waals surface area contributed by atoms with E-state index in [-0.39, 0.29) is 12.2 Å². The van der Waals surface area contributed by atoms with E-state index in [1.54, 1.807) is 0 Å². The summed E-state index contributed by atoms with van der Waals surface area (Å²) in [7, 11) is 0. The molecule has 178 valence electrons. The van der Waals surface area contributed by atoms with Crippen molar-refractivity contribution in [2.24, 2.45) is 11.3 Å². The summed E-state index contributed by atoms with van der Waals surface area (Å²) in [6, 6.07) is 21.2. The van der Waals surface area contributed by atoms with Crippen LogP contribution in [-0.2, 0) is 10.3 Å². The highest BCUT2D eigenvalue weighted by atomic mass is 16.6. The highest BCUT2D eigenvalue weighted by molar-refractivity contribution is 6.00. The zero-order valence-electron chi connectivity index (χ0n) is 20.7. The minimum Gasteiger partial charge on any atom is -0.490 e. The van der Waals surface area contributed by atoms with E-state index in [4.69, 9.17) is 9.47 Å². The zero-order valence-corrected chi connectivity index (χ0v) is 20.7. The summed E-state index contributed by atoms with van der Waals surface area (Å²) in [4.78, 5) is 11.7. The maximum atomic E-state index is 11.7. The van der Waals surface area contributed by atoms with Crippen LogP contribution in [0.25, 0.3) is 21.9 Å². The summed E-state index contributed by atoms with van der Waals surface area (Å²) in [5.41, 5.74) is 3.18. The van der Waals surface area contributed by atoms with Crippen molar-refractivity contribution in [3.63, 3.8) is 0 Å². The third-order valence-electron chi connectivity index (χ3n) is 7.74. The number of carbonyl (C=O) groups excluding carboxylic acids is 1. The van der Waals surface area contributed by atoms with Crippen molar-refractivity contribution in [3.8, 4) is 16.9 Å². The minimum atomic E-state index is -0.515. The highest BCUT2D eigenvalue weighted by Crippen LogP contribution is 2.42. The van der Waals surface area contributed by atoms with Gasteiger partial charge in [0.15, 0.2) is 0 Å². The Hall–Kier alpha value is -3.01. The number of hydrogen-bond donors (Lipinski definition) is 1. The van der Waals surface area contributed by atoms with E-state index >= 15 is 0 Å². The van der Waals surface area contributed by atoms with Crippen LogP contribution < -0.4 is 10.1 Å². The Morgan fingerprint density at radius 3 is 2.35 bits per heavy atom. The fourth-order valence-corrected chi connectivity index (χ4v) is 5.54. The number of amides is 1. The van der Waals surface area contributed by atoms with Crippen LogP contribution in [0.2, 0.25) is 0 Å². The summed E-state index contributed by atoms with van der Waals surface area (Å²) >= 11 is 0. The molecule has 1 amide bonds. The Balaban J connectivity index is 1.50. The fourth-order valence-electron chi connectivity index (χ4n) is 5.54. The summed E-state index contributed by atoms with van der Waals surface area (Å²) in [5.74, 6) is 1.71. The van der Waals surface area contributed by atoms with Crippen molar-refractivity contribution in [2.75, 3.05) is 6.61 Å². The second-order valence-electron chi connectivity index (χ2n) is 11.2. The number of alkyl carbamates (subject to hydrolysis) is 1. The Morgan fingerprint density at radius 2 is 1.71 bits per heavy atom. The van der Waals surface area contributed by atoms with Gasteiger partial charge in [-0.2, -0.15) is 0 Å². The van der Waals surface area contributed by atoms with Crippen LogP contribution in [-0.4, -0.2) is 18.8 Å². The van der Waals surface area contributed by atoms with Crippen LogP contribution in [0.4, 0.5) is 4.79 Å². The Kier molecular flexibility index (Phi) is 5.79. The summed E-state index contributed by atoms with van der Waals surface area (Å²) in [6.07, 6.45) is 4.53. The molecule has 1 saturated carbocycles. The van der Waals surface area contributed by atoms with E-state index in [1.165, 1.54) is 12.8 Å². The largest absolute Gasteiger partial charge is 0.490 e. The third-order valence-corrected chi connectivity index (χ3v) is 7.74. The number of nitrogens with one attached hydrogen (secondary N) is 1. The maximum Gasteiger partial charge on any atom is 0.408 e. The van der Waals surface area contributed by atoms with Crippen molar-refractivity contribution < 1.29 is 14.3 Å². The standard InChI is InChI=1S/C30H35NO3/c1-29(2,3)22-11-14-24(15-12-22)34-26-17-10-21-18-23(30(4)19-33-28(32)31-30)13-16-25(21)27(26)20-8-6-5-7-9-20/h5-10,13,16-18,22,24H,11-12,14-15,19H2,1-4H3,(H,31,32)/t22-,24-,30-/m0/s1. The molecule has 0 unspecified atom stereocenters. The molecule has 1 aliphatic carbocycles. The van der Waals surface area contributed by atoms with Crippen molar-refractivity contribution in [1.82, 2.24) is 5.32 Å². The first kappa shape index (κ1) is 22.8. The lowest BCUT2D eigenvalue weighted by Gasteiger charge is -2.37. The van der Waals surface area contributed by atoms with Crippen LogP contribution in [0, 0.1) is 11.3 Å². The van der Waals surface area contributed by atoms with Crippen LogP contribution in [0.15, 0.2) is 60.7 Å².